The van der Waals surface area contributed by atoms with Crippen molar-refractivity contribution in [3.8, 4) is 0 Å². The number of ketones is 1. The number of fused-ring (bicyclic) bond motifs is 1. The Morgan fingerprint density at radius 2 is 1.73 bits per heavy atom. The van der Waals surface area contributed by atoms with Gasteiger partial charge in [-0.1, -0.05) is 67.9 Å². The molecule has 1 unspecified atom stereocenters. The molecule has 9 atom stereocenters. The molecule has 2 bridgehead atoms. The molecule has 9 heteroatoms. The van der Waals surface area contributed by atoms with Gasteiger partial charge in [0.05, 0.1) is 24.4 Å². The number of hydrogen-bond acceptors (Lipinski definition) is 5. The molecule has 1 aliphatic heterocycles. The van der Waals surface area contributed by atoms with E-state index in [1.54, 1.807) is 17.0 Å². The quantitative estimate of drug-likeness (QED) is 0.242. The van der Waals surface area contributed by atoms with Crippen molar-refractivity contribution in [3.63, 3.8) is 0 Å². The van der Waals surface area contributed by atoms with Gasteiger partial charge in [0, 0.05) is 57.7 Å². The van der Waals surface area contributed by atoms with E-state index in [-0.39, 0.29) is 58.7 Å². The lowest BCUT2D eigenvalue weighted by molar-refractivity contribution is -0.178. The maximum atomic E-state index is 15.1. The van der Waals surface area contributed by atoms with Crippen LogP contribution in [0.5, 0.6) is 0 Å². The molecular weight excluding hydrogens is 667 g/mol. The van der Waals surface area contributed by atoms with Crippen LogP contribution in [0, 0.1) is 39.3 Å². The minimum Gasteiger partial charge on any atom is -0.393 e. The molecule has 9 rings (SSSR count). The van der Waals surface area contributed by atoms with Crippen molar-refractivity contribution in [1.29, 1.82) is 0 Å². The molecule has 4 fully saturated rings. The van der Waals surface area contributed by atoms with Crippen LogP contribution in [0.15, 0.2) is 72.3 Å². The number of nitrogens with one attached hydrogen (secondary N) is 1. The second-order valence-electron chi connectivity index (χ2n) is 16.9. The van der Waals surface area contributed by atoms with Gasteiger partial charge in [0.15, 0.2) is 5.78 Å². The molecule has 1 heterocycles. The summed E-state index contributed by atoms with van der Waals surface area (Å²) in [6.45, 7) is 5.70. The topological polar surface area (TPSA) is 99.1 Å². The molecule has 2 aromatic rings. The van der Waals surface area contributed by atoms with Crippen molar-refractivity contribution >= 4 is 29.1 Å². The Balaban J connectivity index is 1.17. The largest absolute Gasteiger partial charge is 0.393 e. The van der Waals surface area contributed by atoms with E-state index in [1.807, 2.05) is 30.3 Å². The lowest BCUT2D eigenvalue weighted by atomic mass is 9.32. The van der Waals surface area contributed by atoms with E-state index in [1.165, 1.54) is 6.07 Å². The molecule has 3 N–H and O–H groups in total. The number of halogens is 2. The molecule has 1 saturated heterocycles. The summed E-state index contributed by atoms with van der Waals surface area (Å²) in [5.41, 5.74) is -1.66. The number of urea groups is 1. The first-order valence-electron chi connectivity index (χ1n) is 18.9. The first-order valence-corrected chi connectivity index (χ1v) is 19.2. The average Bonchev–Trinajstić information content (AvgIpc) is 3.71. The molecule has 0 aromatic heterocycles. The number of amides is 2. The third kappa shape index (κ3) is 5.29. The standard InChI is InChI=1S/C42H50ClFN2O5/c1-38-16-13-28(47)23-40(38)19-20-42(31(24-40)34(48)22-30-32(43)11-6-12-33(30)44)35(38)14-17-39(2)36(42)15-18-41(39,50)26-46(25-29-10-7-21-51-29)37(49)45-27-8-4-3-5-9-27/h3-6,8-9,11-12,19-20,24,28-29,35-36,47,50H,7,10,13-18,21-23,25-26H2,1-2H3,(H,45,49)/t28?,29-,35-,36-,38-,39+,40+,41-,42-/m1/s1. The molecule has 0 radical (unpaired) electrons. The zero-order chi connectivity index (χ0) is 35.8. The van der Waals surface area contributed by atoms with Gasteiger partial charge in [0.25, 0.3) is 0 Å². The molecule has 6 aliphatic carbocycles. The van der Waals surface area contributed by atoms with Gasteiger partial charge in [0.1, 0.15) is 5.82 Å². The lowest BCUT2D eigenvalue weighted by Crippen LogP contribution is -2.67. The maximum absolute atomic E-state index is 15.1. The minimum atomic E-state index is -1.23. The number of nitrogens with zero attached hydrogens (tertiary/aromatic N) is 1. The first-order chi connectivity index (χ1) is 24.3. The van der Waals surface area contributed by atoms with Crippen molar-refractivity contribution in [2.75, 3.05) is 25.0 Å². The number of benzene rings is 2. The zero-order valence-electron chi connectivity index (χ0n) is 29.7. The highest BCUT2D eigenvalue weighted by molar-refractivity contribution is 6.31. The minimum absolute atomic E-state index is 0.0961. The monoisotopic (exact) mass is 716 g/mol. The van der Waals surface area contributed by atoms with E-state index < -0.39 is 33.8 Å². The highest BCUT2D eigenvalue weighted by Gasteiger charge is 2.74. The van der Waals surface area contributed by atoms with Gasteiger partial charge in [0.2, 0.25) is 0 Å². The number of aliphatic hydroxyl groups excluding tert-OH is 1. The van der Waals surface area contributed by atoms with Crippen LogP contribution in [-0.2, 0) is 16.0 Å². The summed E-state index contributed by atoms with van der Waals surface area (Å²) in [5.74, 6) is -0.644. The number of hydrogen-bond donors (Lipinski definition) is 3. The number of ether oxygens (including phenoxy) is 1. The number of aliphatic hydroxyl groups is 2. The van der Waals surface area contributed by atoms with E-state index in [0.717, 1.165) is 32.1 Å². The molecule has 2 spiro atoms. The number of para-hydroxylation sites is 1. The van der Waals surface area contributed by atoms with Crippen LogP contribution < -0.4 is 5.32 Å². The van der Waals surface area contributed by atoms with Crippen molar-refractivity contribution in [2.45, 2.75) is 95.9 Å². The summed E-state index contributed by atoms with van der Waals surface area (Å²) >= 11 is 6.47. The van der Waals surface area contributed by atoms with E-state index in [9.17, 15) is 19.8 Å². The summed E-state index contributed by atoms with van der Waals surface area (Å²) in [6.07, 6.45) is 12.5. The van der Waals surface area contributed by atoms with Crippen molar-refractivity contribution < 1.29 is 28.9 Å². The van der Waals surface area contributed by atoms with Crippen molar-refractivity contribution in [2.24, 2.45) is 33.5 Å². The summed E-state index contributed by atoms with van der Waals surface area (Å²) in [5, 5.41) is 27.3. The van der Waals surface area contributed by atoms with E-state index in [4.69, 9.17) is 16.3 Å². The normalized spacial score (nSPS) is 39.1. The average molecular weight is 717 g/mol. The number of carbonyl (C=O) groups is 2. The van der Waals surface area contributed by atoms with Crippen LogP contribution in [0.4, 0.5) is 14.9 Å². The predicted molar refractivity (Wildman–Crippen MR) is 195 cm³/mol. The molecule has 51 heavy (non-hydrogen) atoms. The third-order valence-corrected chi connectivity index (χ3v) is 15.0. The molecule has 7 aliphatic rings. The van der Waals surface area contributed by atoms with Gasteiger partial charge in [-0.3, -0.25) is 4.79 Å². The van der Waals surface area contributed by atoms with Crippen molar-refractivity contribution in [1.82, 2.24) is 4.90 Å². The number of anilines is 1. The number of carbonyl (C=O) groups excluding carboxylic acids is 2. The fraction of sp³-hybridized carbons (Fsp3) is 0.571. The Bertz CT molecular complexity index is 1760. The lowest BCUT2D eigenvalue weighted by Gasteiger charge is -2.71. The second-order valence-corrected chi connectivity index (χ2v) is 17.3. The van der Waals surface area contributed by atoms with Gasteiger partial charge in [-0.25, -0.2) is 9.18 Å². The van der Waals surface area contributed by atoms with Gasteiger partial charge < -0.3 is 25.2 Å². The summed E-state index contributed by atoms with van der Waals surface area (Å²) in [4.78, 5) is 30.4. The smallest absolute Gasteiger partial charge is 0.322 e. The number of rotatable bonds is 8. The highest BCUT2D eigenvalue weighted by atomic mass is 35.5. The van der Waals surface area contributed by atoms with E-state index in [2.05, 4.69) is 37.4 Å². The molecule has 272 valence electrons. The molecule has 2 amide bonds. The van der Waals surface area contributed by atoms with E-state index >= 15 is 4.39 Å². The fourth-order valence-corrected chi connectivity index (χ4v) is 12.1. The fourth-order valence-electron chi connectivity index (χ4n) is 11.9. The Labute approximate surface area is 305 Å². The summed E-state index contributed by atoms with van der Waals surface area (Å²) in [7, 11) is 0. The van der Waals surface area contributed by atoms with Gasteiger partial charge in [-0.15, -0.1) is 0 Å². The second kappa shape index (κ2) is 12.5. The Hall–Kier alpha value is -3.04. The Morgan fingerprint density at radius 3 is 2.47 bits per heavy atom. The van der Waals surface area contributed by atoms with Crippen LogP contribution in [-0.4, -0.2) is 64.4 Å². The predicted octanol–water partition coefficient (Wildman–Crippen LogP) is 7.89. The third-order valence-electron chi connectivity index (χ3n) is 14.6. The summed E-state index contributed by atoms with van der Waals surface area (Å²) < 4.78 is 21.1. The molecular formula is C42H50ClFN2O5. The Morgan fingerprint density at radius 1 is 0.980 bits per heavy atom. The van der Waals surface area contributed by atoms with Crippen LogP contribution in [0.25, 0.3) is 0 Å². The first kappa shape index (κ1) is 35.0. The molecule has 3 saturated carbocycles. The van der Waals surface area contributed by atoms with E-state index in [0.29, 0.717) is 50.1 Å². The SMILES string of the molecule is C[C@]12CC[C@H]3[C@]4(C=C[C@@]5(C=C4C(=O)Cc4c(F)cccc4Cl)CC(O)CC[C@]35C)[C@@H]1CC[C@@]2(O)CN(C[C@H]1CCCO1)C(=O)Nc1ccccc1. The van der Waals surface area contributed by atoms with Crippen LogP contribution in [0.3, 0.4) is 0 Å². The van der Waals surface area contributed by atoms with Gasteiger partial charge >= 0.3 is 6.03 Å². The maximum Gasteiger partial charge on any atom is 0.322 e. The molecule has 7 nitrogen and oxygen atoms in total. The molecule has 2 aromatic carbocycles. The van der Waals surface area contributed by atoms with Crippen LogP contribution in [0.2, 0.25) is 5.02 Å². The zero-order valence-corrected chi connectivity index (χ0v) is 30.4. The van der Waals surface area contributed by atoms with Crippen molar-refractivity contribution in [3.05, 3.63) is 88.7 Å². The van der Waals surface area contributed by atoms with Gasteiger partial charge in [-0.2, -0.15) is 0 Å². The van der Waals surface area contributed by atoms with Crippen LogP contribution in [0.1, 0.15) is 77.2 Å². The number of allylic oxidation sites excluding steroid dienone is 4. The van der Waals surface area contributed by atoms with Gasteiger partial charge in [-0.05, 0) is 99.3 Å². The number of Topliss-reactive ketones (excluding diaryl/α,β-unsaturated/α-hetero) is 1. The van der Waals surface area contributed by atoms with Crippen LogP contribution >= 0.6 is 11.6 Å². The highest BCUT2D eigenvalue weighted by Crippen LogP contribution is 2.78. The Kier molecular flexibility index (Phi) is 8.61. The summed E-state index contributed by atoms with van der Waals surface area (Å²) in [6, 6.07) is 13.6.